The molecule has 1 fully saturated rings. The first-order valence-corrected chi connectivity index (χ1v) is 9.25. The van der Waals surface area contributed by atoms with Crippen LogP contribution in [-0.4, -0.2) is 39.9 Å². The first-order chi connectivity index (χ1) is 12.5. The van der Waals surface area contributed by atoms with E-state index in [1.165, 1.54) is 16.7 Å². The highest BCUT2D eigenvalue weighted by molar-refractivity contribution is 8.26. The molecule has 5 nitrogen and oxygen atoms in total. The number of benzene rings is 2. The van der Waals surface area contributed by atoms with Crippen molar-refractivity contribution in [2.24, 2.45) is 0 Å². The molecule has 0 unspecified atom stereocenters. The number of carbonyl (C=O) groups is 2. The number of nitrogens with zero attached hydrogens (tertiary/aromatic N) is 1. The summed E-state index contributed by atoms with van der Waals surface area (Å²) < 4.78 is 5.70. The molecular weight excluding hydrogens is 370 g/mol. The second kappa shape index (κ2) is 7.88. The van der Waals surface area contributed by atoms with Crippen molar-refractivity contribution in [2.75, 3.05) is 13.7 Å². The van der Waals surface area contributed by atoms with E-state index >= 15 is 0 Å². The van der Waals surface area contributed by atoms with E-state index in [0.29, 0.717) is 22.2 Å². The van der Waals surface area contributed by atoms with Crippen molar-refractivity contribution in [3.63, 3.8) is 0 Å². The van der Waals surface area contributed by atoms with E-state index < -0.39 is 5.97 Å². The van der Waals surface area contributed by atoms with Gasteiger partial charge in [-0.25, -0.2) is 0 Å². The number of carboxylic acid groups (broad SMARTS) is 1. The van der Waals surface area contributed by atoms with Crippen molar-refractivity contribution >= 4 is 57.0 Å². The van der Waals surface area contributed by atoms with Crippen LogP contribution in [0, 0.1) is 0 Å². The number of fused-ring (bicyclic) bond motifs is 1. The zero-order valence-corrected chi connectivity index (χ0v) is 15.7. The maximum absolute atomic E-state index is 12.5. The topological polar surface area (TPSA) is 66.8 Å². The van der Waals surface area contributed by atoms with Crippen LogP contribution < -0.4 is 4.74 Å². The number of hydrogen-bond acceptors (Lipinski definition) is 5. The van der Waals surface area contributed by atoms with E-state index in [-0.39, 0.29) is 12.3 Å². The minimum absolute atomic E-state index is 0.0181. The maximum atomic E-state index is 12.5. The highest BCUT2D eigenvalue weighted by Crippen LogP contribution is 2.33. The summed E-state index contributed by atoms with van der Waals surface area (Å²) in [4.78, 5) is 25.2. The number of carbonyl (C=O) groups excluding carboxylic acids is 1. The minimum atomic E-state index is -0.876. The molecule has 1 aliphatic rings. The molecule has 1 N–H and O–H groups in total. The molecule has 134 valence electrons. The van der Waals surface area contributed by atoms with Gasteiger partial charge in [-0.3, -0.25) is 14.5 Å². The SMILES string of the molecule is COc1ccc2cc(/C=C3\SC(=S)N(CCCC(=O)O)C3=O)ccc2c1. The summed E-state index contributed by atoms with van der Waals surface area (Å²) in [5, 5.41) is 10.8. The summed E-state index contributed by atoms with van der Waals surface area (Å²) in [6, 6.07) is 11.8. The van der Waals surface area contributed by atoms with Crippen molar-refractivity contribution in [1.82, 2.24) is 4.90 Å². The predicted octanol–water partition coefficient (Wildman–Crippen LogP) is 3.91. The average Bonchev–Trinajstić information content (AvgIpc) is 2.88. The van der Waals surface area contributed by atoms with Gasteiger partial charge in [-0.05, 0) is 47.0 Å². The number of hydrogen-bond donors (Lipinski definition) is 1. The van der Waals surface area contributed by atoms with E-state index in [0.717, 1.165) is 22.1 Å². The normalized spacial score (nSPS) is 15.9. The lowest BCUT2D eigenvalue weighted by molar-refractivity contribution is -0.137. The number of thioether (sulfide) groups is 1. The third kappa shape index (κ3) is 4.05. The number of thiocarbonyl (C=S) groups is 1. The van der Waals surface area contributed by atoms with Crippen molar-refractivity contribution < 1.29 is 19.4 Å². The summed E-state index contributed by atoms with van der Waals surface area (Å²) in [6.45, 7) is 0.325. The lowest BCUT2D eigenvalue weighted by Gasteiger charge is -2.13. The molecule has 0 bridgehead atoms. The second-order valence-corrected chi connectivity index (χ2v) is 7.48. The van der Waals surface area contributed by atoms with E-state index in [9.17, 15) is 9.59 Å². The van der Waals surface area contributed by atoms with Crippen LogP contribution in [0.4, 0.5) is 0 Å². The van der Waals surface area contributed by atoms with E-state index in [1.807, 2.05) is 42.5 Å². The summed E-state index contributed by atoms with van der Waals surface area (Å²) >= 11 is 6.51. The zero-order chi connectivity index (χ0) is 18.7. The molecule has 0 aliphatic carbocycles. The third-order valence-electron chi connectivity index (χ3n) is 4.02. The molecule has 2 aromatic carbocycles. The Morgan fingerprint density at radius 2 is 2.00 bits per heavy atom. The zero-order valence-electron chi connectivity index (χ0n) is 14.1. The number of amides is 1. The van der Waals surface area contributed by atoms with E-state index in [1.54, 1.807) is 7.11 Å². The Morgan fingerprint density at radius 3 is 2.73 bits per heavy atom. The molecule has 0 radical (unpaired) electrons. The Balaban J connectivity index is 1.79. The number of carboxylic acids is 1. The van der Waals surface area contributed by atoms with Gasteiger partial charge in [0.05, 0.1) is 12.0 Å². The minimum Gasteiger partial charge on any atom is -0.497 e. The smallest absolute Gasteiger partial charge is 0.303 e. The fourth-order valence-electron chi connectivity index (χ4n) is 2.69. The fraction of sp³-hybridized carbons (Fsp3) is 0.211. The fourth-order valence-corrected chi connectivity index (χ4v) is 4.00. The van der Waals surface area contributed by atoms with Crippen LogP contribution in [0.3, 0.4) is 0 Å². The summed E-state index contributed by atoms with van der Waals surface area (Å²) in [5.41, 5.74) is 0.911. The van der Waals surface area contributed by atoms with Gasteiger partial charge >= 0.3 is 5.97 Å². The van der Waals surface area contributed by atoms with Crippen molar-refractivity contribution in [2.45, 2.75) is 12.8 Å². The van der Waals surface area contributed by atoms with Crippen LogP contribution in [0.25, 0.3) is 16.8 Å². The molecule has 7 heteroatoms. The van der Waals surface area contributed by atoms with Crippen LogP contribution in [0.1, 0.15) is 18.4 Å². The molecule has 0 atom stereocenters. The monoisotopic (exact) mass is 387 g/mol. The number of methoxy groups -OCH3 is 1. The number of rotatable bonds is 6. The van der Waals surface area contributed by atoms with Gasteiger partial charge in [-0.1, -0.05) is 42.2 Å². The largest absolute Gasteiger partial charge is 0.497 e. The Bertz CT molecular complexity index is 923. The van der Waals surface area contributed by atoms with Crippen LogP contribution in [0.2, 0.25) is 0 Å². The summed E-state index contributed by atoms with van der Waals surface area (Å²) in [7, 11) is 1.63. The van der Waals surface area contributed by atoms with Gasteiger partial charge in [-0.2, -0.15) is 0 Å². The highest BCUT2D eigenvalue weighted by Gasteiger charge is 2.31. The Morgan fingerprint density at radius 1 is 1.27 bits per heavy atom. The Hall–Kier alpha value is -2.38. The summed E-state index contributed by atoms with van der Waals surface area (Å²) in [5.74, 6) is -0.244. The molecular formula is C19H17NO4S2. The van der Waals surface area contributed by atoms with Crippen LogP contribution in [0.5, 0.6) is 5.75 Å². The quantitative estimate of drug-likeness (QED) is 0.599. The molecule has 1 aliphatic heterocycles. The maximum Gasteiger partial charge on any atom is 0.303 e. The first-order valence-electron chi connectivity index (χ1n) is 8.03. The second-order valence-electron chi connectivity index (χ2n) is 5.80. The number of aliphatic carboxylic acids is 1. The van der Waals surface area contributed by atoms with E-state index in [4.69, 9.17) is 22.1 Å². The Kier molecular flexibility index (Phi) is 5.58. The van der Waals surface area contributed by atoms with Crippen molar-refractivity contribution in [3.05, 3.63) is 46.9 Å². The molecule has 2 aromatic rings. The highest BCUT2D eigenvalue weighted by atomic mass is 32.2. The van der Waals surface area contributed by atoms with Gasteiger partial charge in [0.25, 0.3) is 5.91 Å². The first kappa shape index (κ1) is 18.4. The number of ether oxygens (including phenoxy) is 1. The van der Waals surface area contributed by atoms with E-state index in [2.05, 4.69) is 0 Å². The Labute approximate surface area is 160 Å². The molecule has 0 saturated carbocycles. The van der Waals surface area contributed by atoms with Gasteiger partial charge < -0.3 is 9.84 Å². The van der Waals surface area contributed by atoms with Gasteiger partial charge in [0.2, 0.25) is 0 Å². The molecule has 26 heavy (non-hydrogen) atoms. The van der Waals surface area contributed by atoms with Gasteiger partial charge in [0.15, 0.2) is 0 Å². The molecule has 0 spiro atoms. The van der Waals surface area contributed by atoms with Gasteiger partial charge in [0.1, 0.15) is 10.1 Å². The van der Waals surface area contributed by atoms with Gasteiger partial charge in [0, 0.05) is 13.0 Å². The van der Waals surface area contributed by atoms with Crippen LogP contribution >= 0.6 is 24.0 Å². The van der Waals surface area contributed by atoms with Crippen molar-refractivity contribution in [3.8, 4) is 5.75 Å². The molecule has 1 heterocycles. The van der Waals surface area contributed by atoms with Crippen LogP contribution in [-0.2, 0) is 9.59 Å². The standard InChI is InChI=1S/C19H17NO4S2/c1-24-15-7-6-13-9-12(4-5-14(13)11-15)10-16-18(23)20(19(25)26-16)8-2-3-17(21)22/h4-7,9-11H,2-3,8H2,1H3,(H,21,22)/b16-10-. The molecule has 1 saturated heterocycles. The van der Waals surface area contributed by atoms with Gasteiger partial charge in [-0.15, -0.1) is 0 Å². The van der Waals surface area contributed by atoms with Crippen LogP contribution in [0.15, 0.2) is 41.3 Å². The lowest BCUT2D eigenvalue weighted by atomic mass is 10.1. The third-order valence-corrected chi connectivity index (χ3v) is 5.39. The molecule has 3 rings (SSSR count). The summed E-state index contributed by atoms with van der Waals surface area (Å²) in [6.07, 6.45) is 2.22. The average molecular weight is 387 g/mol. The van der Waals surface area contributed by atoms with Crippen molar-refractivity contribution in [1.29, 1.82) is 0 Å². The molecule has 1 amide bonds. The molecule has 0 aromatic heterocycles. The predicted molar refractivity (Wildman–Crippen MR) is 107 cm³/mol. The lowest BCUT2D eigenvalue weighted by Crippen LogP contribution is -2.29.